The van der Waals surface area contributed by atoms with Crippen molar-refractivity contribution in [2.75, 3.05) is 5.73 Å². The number of hydrogen-bond acceptors (Lipinski definition) is 3. The molecule has 0 saturated heterocycles. The molecule has 94 valence electrons. The van der Waals surface area contributed by atoms with E-state index in [-0.39, 0.29) is 11.5 Å². The van der Waals surface area contributed by atoms with Crippen molar-refractivity contribution in [2.24, 2.45) is 0 Å². The normalized spacial score (nSPS) is 10.6. The van der Waals surface area contributed by atoms with Gasteiger partial charge in [-0.15, -0.1) is 0 Å². The molecular formula is C12H13N3O3. The Morgan fingerprint density at radius 1 is 1.39 bits per heavy atom. The number of carbonyl (C=O) groups is 1. The average Bonchev–Trinajstić information content (AvgIpc) is 2.53. The van der Waals surface area contributed by atoms with Crippen molar-refractivity contribution in [1.82, 2.24) is 9.55 Å². The minimum atomic E-state index is -1.24. The quantitative estimate of drug-likeness (QED) is 0.738. The number of rotatable bonds is 2. The third kappa shape index (κ3) is 1.77. The predicted octanol–water partition coefficient (Wildman–Crippen LogP) is 1.06. The number of nitrogens with zero attached hydrogens (tertiary/aromatic N) is 1. The standard InChI is InChI=1S/C12H13N3O3/c1-6-3-4-8(7(2)5-6)15-9(11(16)17)10(13)14-12(15)18/h3-5H,13H2,1-2H3,(H,14,18)(H,16,17). The Labute approximate surface area is 103 Å². The van der Waals surface area contributed by atoms with E-state index in [1.807, 2.05) is 26.0 Å². The zero-order valence-corrected chi connectivity index (χ0v) is 10.0. The number of aromatic nitrogens is 2. The maximum atomic E-state index is 11.8. The van der Waals surface area contributed by atoms with Gasteiger partial charge in [0.05, 0.1) is 5.69 Å². The topological polar surface area (TPSA) is 101 Å². The molecule has 6 nitrogen and oxygen atoms in total. The van der Waals surface area contributed by atoms with Crippen molar-refractivity contribution in [3.8, 4) is 5.69 Å². The van der Waals surface area contributed by atoms with E-state index in [4.69, 9.17) is 10.8 Å². The molecule has 18 heavy (non-hydrogen) atoms. The first-order valence-electron chi connectivity index (χ1n) is 5.33. The molecule has 4 N–H and O–H groups in total. The summed E-state index contributed by atoms with van der Waals surface area (Å²) >= 11 is 0. The van der Waals surface area contributed by atoms with E-state index >= 15 is 0 Å². The molecular weight excluding hydrogens is 234 g/mol. The Kier molecular flexibility index (Phi) is 2.70. The Hall–Kier alpha value is -2.50. The van der Waals surface area contributed by atoms with E-state index in [0.29, 0.717) is 5.69 Å². The van der Waals surface area contributed by atoms with E-state index in [0.717, 1.165) is 15.7 Å². The minimum absolute atomic E-state index is 0.146. The van der Waals surface area contributed by atoms with Crippen molar-refractivity contribution >= 4 is 11.8 Å². The zero-order chi connectivity index (χ0) is 13.4. The lowest BCUT2D eigenvalue weighted by Crippen LogP contribution is -2.20. The van der Waals surface area contributed by atoms with Crippen molar-refractivity contribution in [1.29, 1.82) is 0 Å². The van der Waals surface area contributed by atoms with Crippen molar-refractivity contribution < 1.29 is 9.90 Å². The highest BCUT2D eigenvalue weighted by Gasteiger charge is 2.20. The molecule has 0 bridgehead atoms. The van der Waals surface area contributed by atoms with Gasteiger partial charge in [0, 0.05) is 0 Å². The molecule has 0 aliphatic heterocycles. The van der Waals surface area contributed by atoms with Crippen molar-refractivity contribution in [3.05, 3.63) is 45.5 Å². The van der Waals surface area contributed by atoms with Crippen LogP contribution in [0.1, 0.15) is 21.6 Å². The van der Waals surface area contributed by atoms with Crippen LogP contribution in [0.25, 0.3) is 5.69 Å². The summed E-state index contributed by atoms with van der Waals surface area (Å²) in [6.07, 6.45) is 0. The zero-order valence-electron chi connectivity index (χ0n) is 10.0. The molecule has 2 rings (SSSR count). The van der Waals surface area contributed by atoms with Gasteiger partial charge in [0.25, 0.3) is 0 Å². The summed E-state index contributed by atoms with van der Waals surface area (Å²) in [7, 11) is 0. The number of benzene rings is 1. The van der Waals surface area contributed by atoms with Crippen LogP contribution < -0.4 is 11.4 Å². The molecule has 0 aliphatic carbocycles. The molecule has 1 aromatic carbocycles. The number of carboxylic acid groups (broad SMARTS) is 1. The molecule has 0 saturated carbocycles. The fraction of sp³-hybridized carbons (Fsp3) is 0.167. The molecule has 2 aromatic rings. The van der Waals surface area contributed by atoms with Crippen LogP contribution >= 0.6 is 0 Å². The van der Waals surface area contributed by atoms with Gasteiger partial charge in [-0.3, -0.25) is 9.55 Å². The fourth-order valence-electron chi connectivity index (χ4n) is 1.95. The third-order valence-corrected chi connectivity index (χ3v) is 2.72. The molecule has 0 unspecified atom stereocenters. The third-order valence-electron chi connectivity index (χ3n) is 2.72. The smallest absolute Gasteiger partial charge is 0.356 e. The van der Waals surface area contributed by atoms with E-state index < -0.39 is 11.7 Å². The number of imidazole rings is 1. The second-order valence-electron chi connectivity index (χ2n) is 4.12. The first-order valence-corrected chi connectivity index (χ1v) is 5.33. The van der Waals surface area contributed by atoms with Crippen LogP contribution in [0.4, 0.5) is 5.82 Å². The Morgan fingerprint density at radius 3 is 2.61 bits per heavy atom. The van der Waals surface area contributed by atoms with Gasteiger partial charge >= 0.3 is 11.7 Å². The van der Waals surface area contributed by atoms with Gasteiger partial charge in [0.2, 0.25) is 0 Å². The molecule has 0 amide bonds. The maximum absolute atomic E-state index is 11.8. The molecule has 1 aromatic heterocycles. The summed E-state index contributed by atoms with van der Waals surface area (Å²) < 4.78 is 1.08. The molecule has 0 fully saturated rings. The SMILES string of the molecule is Cc1ccc(-n2c(C(=O)O)c(N)[nH]c2=O)c(C)c1. The summed E-state index contributed by atoms with van der Waals surface area (Å²) in [5.41, 5.74) is 7.05. The lowest BCUT2D eigenvalue weighted by Gasteiger charge is -2.08. The number of nitrogens with one attached hydrogen (secondary N) is 1. The van der Waals surface area contributed by atoms with Gasteiger partial charge in [-0.2, -0.15) is 0 Å². The number of anilines is 1. The van der Waals surface area contributed by atoms with Crippen LogP contribution in [0.3, 0.4) is 0 Å². The molecule has 0 aliphatic rings. The first kappa shape index (κ1) is 12.0. The van der Waals surface area contributed by atoms with Gasteiger partial charge in [0.15, 0.2) is 5.69 Å². The first-order chi connectivity index (χ1) is 8.41. The number of nitrogen functional groups attached to an aromatic ring is 1. The molecule has 0 spiro atoms. The van der Waals surface area contributed by atoms with Crippen LogP contribution in [-0.4, -0.2) is 20.6 Å². The van der Waals surface area contributed by atoms with E-state index in [2.05, 4.69) is 4.98 Å². The largest absolute Gasteiger partial charge is 0.476 e. The van der Waals surface area contributed by atoms with Crippen molar-refractivity contribution in [2.45, 2.75) is 13.8 Å². The summed E-state index contributed by atoms with van der Waals surface area (Å²) in [5.74, 6) is -1.39. The lowest BCUT2D eigenvalue weighted by molar-refractivity contribution is 0.0689. The molecule has 1 heterocycles. The second kappa shape index (κ2) is 4.06. The van der Waals surface area contributed by atoms with Gasteiger partial charge in [-0.05, 0) is 25.5 Å². The predicted molar refractivity (Wildman–Crippen MR) is 67.2 cm³/mol. The lowest BCUT2D eigenvalue weighted by atomic mass is 10.1. The van der Waals surface area contributed by atoms with E-state index in [1.54, 1.807) is 6.07 Å². The highest BCUT2D eigenvalue weighted by atomic mass is 16.4. The van der Waals surface area contributed by atoms with Gasteiger partial charge in [0.1, 0.15) is 5.82 Å². The Bertz CT molecular complexity index is 682. The minimum Gasteiger partial charge on any atom is -0.476 e. The number of hydrogen-bond donors (Lipinski definition) is 3. The maximum Gasteiger partial charge on any atom is 0.356 e. The number of aromatic amines is 1. The summed E-state index contributed by atoms with van der Waals surface area (Å²) in [6.45, 7) is 3.73. The monoisotopic (exact) mass is 247 g/mol. The van der Waals surface area contributed by atoms with Gasteiger partial charge < -0.3 is 10.8 Å². The Morgan fingerprint density at radius 2 is 2.06 bits per heavy atom. The molecule has 0 atom stereocenters. The Balaban J connectivity index is 2.79. The number of nitrogens with two attached hydrogens (primary N) is 1. The second-order valence-corrected chi connectivity index (χ2v) is 4.12. The van der Waals surface area contributed by atoms with Crippen molar-refractivity contribution in [3.63, 3.8) is 0 Å². The number of H-pyrrole nitrogens is 1. The fourth-order valence-corrected chi connectivity index (χ4v) is 1.95. The van der Waals surface area contributed by atoms with E-state index in [9.17, 15) is 9.59 Å². The van der Waals surface area contributed by atoms with Gasteiger partial charge in [-0.1, -0.05) is 17.7 Å². The van der Waals surface area contributed by atoms with Crippen LogP contribution in [0.15, 0.2) is 23.0 Å². The summed E-state index contributed by atoms with van der Waals surface area (Å²) in [5, 5.41) is 9.11. The van der Waals surface area contributed by atoms with Crippen LogP contribution in [0.5, 0.6) is 0 Å². The summed E-state index contributed by atoms with van der Waals surface area (Å²) in [6, 6.07) is 5.38. The van der Waals surface area contributed by atoms with E-state index in [1.165, 1.54) is 0 Å². The van der Waals surface area contributed by atoms with Crippen LogP contribution in [-0.2, 0) is 0 Å². The van der Waals surface area contributed by atoms with Crippen LogP contribution in [0.2, 0.25) is 0 Å². The average molecular weight is 247 g/mol. The summed E-state index contributed by atoms with van der Waals surface area (Å²) in [4.78, 5) is 25.2. The highest BCUT2D eigenvalue weighted by Crippen LogP contribution is 2.18. The highest BCUT2D eigenvalue weighted by molar-refractivity contribution is 5.91. The van der Waals surface area contributed by atoms with Gasteiger partial charge in [-0.25, -0.2) is 9.59 Å². The number of carboxylic acids is 1. The number of aromatic carboxylic acids is 1. The molecule has 0 radical (unpaired) electrons. The van der Waals surface area contributed by atoms with Crippen LogP contribution in [0, 0.1) is 13.8 Å². The number of aryl methyl sites for hydroxylation is 2. The molecule has 6 heteroatoms.